The lowest BCUT2D eigenvalue weighted by molar-refractivity contribution is 0.797. The number of rotatable bonds is 7. The lowest BCUT2D eigenvalue weighted by Gasteiger charge is -2.19. The summed E-state index contributed by atoms with van der Waals surface area (Å²) in [4.78, 5) is 0. The molecule has 0 bridgehead atoms. The van der Waals surface area contributed by atoms with E-state index < -0.39 is 0 Å². The van der Waals surface area contributed by atoms with Gasteiger partial charge in [-0.05, 0) is 18.2 Å². The van der Waals surface area contributed by atoms with Crippen LogP contribution in [0, 0.1) is 5.92 Å². The van der Waals surface area contributed by atoms with Crippen LogP contribution in [-0.4, -0.2) is 7.28 Å². The van der Waals surface area contributed by atoms with E-state index in [2.05, 4.69) is 58.9 Å². The van der Waals surface area contributed by atoms with Gasteiger partial charge in [0.15, 0.2) is 0 Å². The first-order valence-corrected chi connectivity index (χ1v) is 6.34. The van der Waals surface area contributed by atoms with Gasteiger partial charge in [-0.2, -0.15) is 0 Å². The number of allylic oxidation sites excluding steroid dienone is 4. The Kier molecular flexibility index (Phi) is 7.55. The maximum absolute atomic E-state index is 2.38. The maximum Gasteiger partial charge on any atom is 0.132 e. The Morgan fingerprint density at radius 2 is 1.93 bits per heavy atom. The molecule has 0 heterocycles. The van der Waals surface area contributed by atoms with Gasteiger partial charge >= 0.3 is 0 Å². The lowest BCUT2D eigenvalue weighted by Crippen LogP contribution is -2.09. The van der Waals surface area contributed by atoms with Crippen molar-refractivity contribution < 1.29 is 0 Å². The Labute approximate surface area is 97.1 Å². The average Bonchev–Trinajstić information content (AvgIpc) is 2.16. The predicted molar refractivity (Wildman–Crippen MR) is 74.0 cm³/mol. The fourth-order valence-electron chi connectivity index (χ4n) is 1.69. The molecule has 0 aromatic carbocycles. The van der Waals surface area contributed by atoms with Crippen molar-refractivity contribution in [2.24, 2.45) is 5.92 Å². The van der Waals surface area contributed by atoms with Gasteiger partial charge in [0.2, 0.25) is 0 Å². The van der Waals surface area contributed by atoms with Crippen molar-refractivity contribution in [3.05, 3.63) is 24.3 Å². The predicted octanol–water partition coefficient (Wildman–Crippen LogP) is 4.61. The van der Waals surface area contributed by atoms with Crippen LogP contribution in [0.25, 0.3) is 0 Å². The Hall–Kier alpha value is -0.455. The zero-order valence-electron chi connectivity index (χ0n) is 11.2. The van der Waals surface area contributed by atoms with Crippen molar-refractivity contribution in [3.8, 4) is 0 Å². The Morgan fingerprint density at radius 3 is 2.47 bits per heavy atom. The molecule has 86 valence electrons. The van der Waals surface area contributed by atoms with Gasteiger partial charge in [0.1, 0.15) is 7.28 Å². The van der Waals surface area contributed by atoms with Crippen LogP contribution in [0.2, 0.25) is 11.6 Å². The highest BCUT2D eigenvalue weighted by molar-refractivity contribution is 6.40. The lowest BCUT2D eigenvalue weighted by atomic mass is 9.51. The fourth-order valence-corrected chi connectivity index (χ4v) is 1.69. The smallest absolute Gasteiger partial charge is 0.0911 e. The molecule has 0 saturated heterocycles. The Bertz CT molecular complexity index is 201. The van der Waals surface area contributed by atoms with Crippen LogP contribution < -0.4 is 0 Å². The molecule has 0 nitrogen and oxygen atoms in total. The van der Waals surface area contributed by atoms with Gasteiger partial charge in [-0.3, -0.25) is 0 Å². The molecular formula is C14H27B. The van der Waals surface area contributed by atoms with Crippen molar-refractivity contribution in [2.45, 2.75) is 59.1 Å². The third-order valence-corrected chi connectivity index (χ3v) is 2.77. The van der Waals surface area contributed by atoms with Gasteiger partial charge in [-0.15, -0.1) is 0 Å². The van der Waals surface area contributed by atoms with E-state index in [1.807, 2.05) is 0 Å². The van der Waals surface area contributed by atoms with Gasteiger partial charge in [0.05, 0.1) is 0 Å². The van der Waals surface area contributed by atoms with Crippen molar-refractivity contribution in [3.63, 3.8) is 0 Å². The van der Waals surface area contributed by atoms with Gasteiger partial charge in [-0.1, -0.05) is 71.2 Å². The number of unbranched alkanes of at least 4 members (excludes halogenated alkanes) is 1. The van der Waals surface area contributed by atoms with Gasteiger partial charge < -0.3 is 0 Å². The topological polar surface area (TPSA) is 0 Å². The summed E-state index contributed by atoms with van der Waals surface area (Å²) >= 11 is 0. The highest BCUT2D eigenvalue weighted by Gasteiger charge is 2.14. The highest BCUT2D eigenvalue weighted by Crippen LogP contribution is 2.27. The van der Waals surface area contributed by atoms with Crippen LogP contribution in [0.15, 0.2) is 24.3 Å². The molecule has 0 spiro atoms. The van der Waals surface area contributed by atoms with Crippen LogP contribution in [0.3, 0.4) is 0 Å². The largest absolute Gasteiger partial charge is 0.132 e. The van der Waals surface area contributed by atoms with Gasteiger partial charge in [-0.25, -0.2) is 0 Å². The minimum absolute atomic E-state index is 0.366. The molecule has 0 radical (unpaired) electrons. The molecule has 15 heavy (non-hydrogen) atoms. The van der Waals surface area contributed by atoms with E-state index in [1.54, 1.807) is 0 Å². The zero-order chi connectivity index (χ0) is 11.7. The summed E-state index contributed by atoms with van der Waals surface area (Å²) in [6.45, 7) is 11.2. The first-order valence-electron chi connectivity index (χ1n) is 6.34. The third kappa shape index (κ3) is 8.53. The molecule has 0 saturated carbocycles. The van der Waals surface area contributed by atoms with Crippen molar-refractivity contribution in [1.29, 1.82) is 0 Å². The quantitative estimate of drug-likeness (QED) is 0.324. The number of hydrogen-bond acceptors (Lipinski definition) is 0. The molecule has 0 aromatic rings. The van der Waals surface area contributed by atoms with Crippen LogP contribution in [0.1, 0.15) is 47.5 Å². The first-order chi connectivity index (χ1) is 7.02. The minimum atomic E-state index is 0.366. The summed E-state index contributed by atoms with van der Waals surface area (Å²) in [5.74, 6) is 0.570. The zero-order valence-corrected chi connectivity index (χ0v) is 11.2. The molecule has 0 aromatic heterocycles. The fraction of sp³-hybridized carbons (Fsp3) is 0.714. The highest BCUT2D eigenvalue weighted by atomic mass is 14.1. The molecule has 0 amide bonds. The van der Waals surface area contributed by atoms with Crippen molar-refractivity contribution >= 4 is 7.28 Å². The van der Waals surface area contributed by atoms with E-state index in [1.165, 1.54) is 26.4 Å². The summed E-state index contributed by atoms with van der Waals surface area (Å²) in [7, 11) is 1.31. The Morgan fingerprint density at radius 1 is 1.27 bits per heavy atom. The summed E-state index contributed by atoms with van der Waals surface area (Å²) in [6, 6.07) is 0. The maximum atomic E-state index is 2.38. The molecule has 1 unspecified atom stereocenters. The van der Waals surface area contributed by atoms with E-state index >= 15 is 0 Å². The second kappa shape index (κ2) is 7.79. The second-order valence-corrected chi connectivity index (χ2v) is 5.19. The van der Waals surface area contributed by atoms with Crippen LogP contribution >= 0.6 is 0 Å². The van der Waals surface area contributed by atoms with Crippen LogP contribution in [0.4, 0.5) is 0 Å². The molecule has 0 N–H and O–H groups in total. The summed E-state index contributed by atoms with van der Waals surface area (Å²) in [5, 5.41) is 0.366. The normalized spacial score (nSPS) is 15.0. The van der Waals surface area contributed by atoms with E-state index in [4.69, 9.17) is 0 Å². The van der Waals surface area contributed by atoms with Crippen LogP contribution in [0.5, 0.6) is 0 Å². The summed E-state index contributed by atoms with van der Waals surface area (Å²) in [6.07, 6.45) is 13.1. The molecule has 0 aliphatic carbocycles. The molecule has 1 heteroatoms. The SMILES string of the molecule is CC=CC(C)C=CC(C)(C)BCCCC. The first kappa shape index (κ1) is 14.5. The van der Waals surface area contributed by atoms with Crippen molar-refractivity contribution in [1.82, 2.24) is 0 Å². The van der Waals surface area contributed by atoms with E-state index in [9.17, 15) is 0 Å². The average molecular weight is 206 g/mol. The van der Waals surface area contributed by atoms with E-state index in [0.29, 0.717) is 11.2 Å². The molecule has 0 fully saturated rings. The number of hydrogen-bond donors (Lipinski definition) is 0. The molecule has 1 atom stereocenters. The van der Waals surface area contributed by atoms with E-state index in [0.717, 1.165) is 0 Å². The monoisotopic (exact) mass is 206 g/mol. The Balaban J connectivity index is 3.99. The second-order valence-electron chi connectivity index (χ2n) is 5.19. The van der Waals surface area contributed by atoms with Gasteiger partial charge in [0.25, 0.3) is 0 Å². The molecular weight excluding hydrogens is 179 g/mol. The van der Waals surface area contributed by atoms with Crippen molar-refractivity contribution in [2.75, 3.05) is 0 Å². The minimum Gasteiger partial charge on any atom is -0.0911 e. The molecule has 0 rings (SSSR count). The van der Waals surface area contributed by atoms with Gasteiger partial charge in [0, 0.05) is 0 Å². The molecule has 0 aliphatic heterocycles. The summed E-state index contributed by atoms with van der Waals surface area (Å²) < 4.78 is 0. The third-order valence-electron chi connectivity index (χ3n) is 2.77. The summed E-state index contributed by atoms with van der Waals surface area (Å²) in [5.41, 5.74) is 0. The van der Waals surface area contributed by atoms with E-state index in [-0.39, 0.29) is 0 Å². The van der Waals surface area contributed by atoms with Crippen LogP contribution in [-0.2, 0) is 0 Å². The molecule has 0 aliphatic rings. The standard InChI is InChI=1S/C14H27B/c1-6-8-12-15-14(4,5)11-10-13(3)9-7-2/h7,9-11,13,15H,6,8,12H2,1-5H3.